The van der Waals surface area contributed by atoms with Crippen LogP contribution in [-0.2, 0) is 9.47 Å². The first-order valence-corrected chi connectivity index (χ1v) is 7.13. The molecule has 2 N–H and O–H groups in total. The lowest BCUT2D eigenvalue weighted by Gasteiger charge is -2.38. The van der Waals surface area contributed by atoms with E-state index < -0.39 is 5.60 Å². The van der Waals surface area contributed by atoms with Gasteiger partial charge in [-0.25, -0.2) is 4.79 Å². The normalized spacial score (nSPS) is 26.7. The third kappa shape index (κ3) is 3.60. The molecule has 19 heavy (non-hydrogen) atoms. The van der Waals surface area contributed by atoms with Gasteiger partial charge in [0, 0.05) is 19.6 Å². The van der Waals surface area contributed by atoms with Gasteiger partial charge in [-0.2, -0.15) is 0 Å². The van der Waals surface area contributed by atoms with Crippen molar-refractivity contribution in [3.63, 3.8) is 0 Å². The molecule has 0 saturated carbocycles. The molecule has 0 unspecified atom stereocenters. The number of nitrogens with two attached hydrogens (primary N) is 1. The second-order valence-electron chi connectivity index (χ2n) is 6.84. The number of carbonyl (C=O) groups excluding carboxylic acids is 1. The van der Waals surface area contributed by atoms with Crippen molar-refractivity contribution >= 4 is 6.09 Å². The summed E-state index contributed by atoms with van der Waals surface area (Å²) in [6.45, 7) is 8.59. The van der Waals surface area contributed by atoms with Crippen molar-refractivity contribution in [2.24, 2.45) is 11.1 Å². The van der Waals surface area contributed by atoms with Crippen molar-refractivity contribution in [1.29, 1.82) is 0 Å². The van der Waals surface area contributed by atoms with Gasteiger partial charge in [0.2, 0.25) is 0 Å². The van der Waals surface area contributed by atoms with Crippen LogP contribution in [0, 0.1) is 5.41 Å². The Balaban J connectivity index is 1.84. The highest BCUT2D eigenvalue weighted by molar-refractivity contribution is 5.68. The van der Waals surface area contributed by atoms with E-state index in [1.165, 1.54) is 0 Å². The van der Waals surface area contributed by atoms with Crippen LogP contribution in [-0.4, -0.2) is 48.9 Å². The molecule has 0 bridgehead atoms. The summed E-state index contributed by atoms with van der Waals surface area (Å²) >= 11 is 0. The molecule has 2 fully saturated rings. The highest BCUT2D eigenvalue weighted by atomic mass is 16.6. The summed E-state index contributed by atoms with van der Waals surface area (Å²) in [5.41, 5.74) is 5.47. The highest BCUT2D eigenvalue weighted by Crippen LogP contribution is 2.41. The summed E-state index contributed by atoms with van der Waals surface area (Å²) in [6, 6.07) is 0. The van der Waals surface area contributed by atoms with Crippen molar-refractivity contribution in [2.45, 2.75) is 51.7 Å². The fourth-order valence-electron chi connectivity index (χ4n) is 2.89. The molecular formula is C14H26N2O3. The molecule has 2 rings (SSSR count). The summed E-state index contributed by atoms with van der Waals surface area (Å²) < 4.78 is 11.1. The second kappa shape index (κ2) is 5.29. The van der Waals surface area contributed by atoms with Crippen molar-refractivity contribution in [1.82, 2.24) is 4.90 Å². The molecule has 5 heteroatoms. The van der Waals surface area contributed by atoms with E-state index in [-0.39, 0.29) is 17.6 Å². The molecule has 1 amide bonds. The fraction of sp³-hybridized carbons (Fsp3) is 0.929. The third-order valence-corrected chi connectivity index (χ3v) is 4.02. The van der Waals surface area contributed by atoms with E-state index in [0.29, 0.717) is 6.54 Å². The lowest BCUT2D eigenvalue weighted by atomic mass is 9.77. The average molecular weight is 270 g/mol. The summed E-state index contributed by atoms with van der Waals surface area (Å²) in [5.74, 6) is 0. The van der Waals surface area contributed by atoms with Crippen LogP contribution in [0.4, 0.5) is 4.79 Å². The number of rotatable bonds is 1. The molecule has 0 aromatic rings. The SMILES string of the molecule is CC(C)(C)OC(=O)N1CCC2(CC1)CO[C@H](CN)C2. The molecule has 0 aromatic heterocycles. The minimum Gasteiger partial charge on any atom is -0.444 e. The quantitative estimate of drug-likeness (QED) is 0.788. The minimum absolute atomic E-state index is 0.198. The average Bonchev–Trinajstić information content (AvgIpc) is 2.71. The van der Waals surface area contributed by atoms with E-state index >= 15 is 0 Å². The molecule has 2 aliphatic heterocycles. The number of hydrogen-bond donors (Lipinski definition) is 1. The Labute approximate surface area is 115 Å². The Morgan fingerprint density at radius 1 is 1.42 bits per heavy atom. The summed E-state index contributed by atoms with van der Waals surface area (Å²) in [7, 11) is 0. The van der Waals surface area contributed by atoms with E-state index in [4.69, 9.17) is 15.2 Å². The topological polar surface area (TPSA) is 64.8 Å². The lowest BCUT2D eigenvalue weighted by Crippen LogP contribution is -2.45. The van der Waals surface area contributed by atoms with Crippen molar-refractivity contribution < 1.29 is 14.3 Å². The van der Waals surface area contributed by atoms with E-state index in [1.54, 1.807) is 0 Å². The Morgan fingerprint density at radius 2 is 2.05 bits per heavy atom. The molecule has 110 valence electrons. The van der Waals surface area contributed by atoms with Crippen LogP contribution in [0.15, 0.2) is 0 Å². The number of carbonyl (C=O) groups is 1. The van der Waals surface area contributed by atoms with Gasteiger partial charge in [0.25, 0.3) is 0 Å². The van der Waals surface area contributed by atoms with Gasteiger partial charge < -0.3 is 20.1 Å². The maximum absolute atomic E-state index is 12.0. The van der Waals surface area contributed by atoms with Gasteiger partial charge in [-0.3, -0.25) is 0 Å². The van der Waals surface area contributed by atoms with Gasteiger partial charge in [-0.15, -0.1) is 0 Å². The molecular weight excluding hydrogens is 244 g/mol. The first kappa shape index (κ1) is 14.6. The smallest absolute Gasteiger partial charge is 0.410 e. The summed E-state index contributed by atoms with van der Waals surface area (Å²) in [5, 5.41) is 0. The minimum atomic E-state index is -0.423. The third-order valence-electron chi connectivity index (χ3n) is 4.02. The molecule has 1 spiro atoms. The number of likely N-dealkylation sites (tertiary alicyclic amines) is 1. The van der Waals surface area contributed by atoms with Gasteiger partial charge in [0.15, 0.2) is 0 Å². The summed E-state index contributed by atoms with van der Waals surface area (Å²) in [4.78, 5) is 13.8. The van der Waals surface area contributed by atoms with E-state index in [9.17, 15) is 4.79 Å². The number of amides is 1. The van der Waals surface area contributed by atoms with Crippen LogP contribution in [0.5, 0.6) is 0 Å². The predicted octanol–water partition coefficient (Wildman–Crippen LogP) is 1.75. The molecule has 0 aromatic carbocycles. The van der Waals surface area contributed by atoms with Gasteiger partial charge in [-0.05, 0) is 45.4 Å². The van der Waals surface area contributed by atoms with Crippen LogP contribution >= 0.6 is 0 Å². The summed E-state index contributed by atoms with van der Waals surface area (Å²) in [6.07, 6.45) is 3.02. The molecule has 2 saturated heterocycles. The zero-order valence-corrected chi connectivity index (χ0v) is 12.3. The van der Waals surface area contributed by atoms with Crippen molar-refractivity contribution in [2.75, 3.05) is 26.2 Å². The Hall–Kier alpha value is -0.810. The first-order chi connectivity index (χ1) is 8.84. The second-order valence-corrected chi connectivity index (χ2v) is 6.84. The van der Waals surface area contributed by atoms with Crippen LogP contribution in [0.2, 0.25) is 0 Å². The largest absolute Gasteiger partial charge is 0.444 e. The van der Waals surface area contributed by atoms with E-state index in [1.807, 2.05) is 25.7 Å². The molecule has 0 aliphatic carbocycles. The zero-order valence-electron chi connectivity index (χ0n) is 12.3. The van der Waals surface area contributed by atoms with E-state index in [2.05, 4.69) is 0 Å². The van der Waals surface area contributed by atoms with Crippen LogP contribution in [0.25, 0.3) is 0 Å². The first-order valence-electron chi connectivity index (χ1n) is 7.13. The van der Waals surface area contributed by atoms with Gasteiger partial charge in [0.1, 0.15) is 5.60 Å². The molecule has 5 nitrogen and oxygen atoms in total. The van der Waals surface area contributed by atoms with Gasteiger partial charge in [-0.1, -0.05) is 0 Å². The Morgan fingerprint density at radius 3 is 2.53 bits per heavy atom. The van der Waals surface area contributed by atoms with Crippen LogP contribution in [0.3, 0.4) is 0 Å². The molecule has 1 atom stereocenters. The Bertz CT molecular complexity index is 330. The molecule has 2 heterocycles. The maximum atomic E-state index is 12.0. The van der Waals surface area contributed by atoms with Gasteiger partial charge in [0.05, 0.1) is 12.7 Å². The molecule has 0 radical (unpaired) electrons. The van der Waals surface area contributed by atoms with Crippen molar-refractivity contribution in [3.05, 3.63) is 0 Å². The zero-order chi connectivity index (χ0) is 14.1. The lowest BCUT2D eigenvalue weighted by molar-refractivity contribution is 0.00794. The number of ether oxygens (including phenoxy) is 2. The standard InChI is InChI=1S/C14H26N2O3/c1-13(2,3)19-12(17)16-6-4-14(5-7-16)8-11(9-15)18-10-14/h11H,4-10,15H2,1-3H3/t11-/m0/s1. The predicted molar refractivity (Wildman–Crippen MR) is 72.9 cm³/mol. The number of hydrogen-bond acceptors (Lipinski definition) is 4. The van der Waals surface area contributed by atoms with Crippen LogP contribution in [0.1, 0.15) is 40.0 Å². The van der Waals surface area contributed by atoms with Gasteiger partial charge >= 0.3 is 6.09 Å². The van der Waals surface area contributed by atoms with Crippen LogP contribution < -0.4 is 5.73 Å². The van der Waals surface area contributed by atoms with E-state index in [0.717, 1.165) is 39.0 Å². The maximum Gasteiger partial charge on any atom is 0.410 e. The molecule has 2 aliphatic rings. The van der Waals surface area contributed by atoms with Crippen molar-refractivity contribution in [3.8, 4) is 0 Å². The Kier molecular flexibility index (Phi) is 4.06. The fourth-order valence-corrected chi connectivity index (χ4v) is 2.89. The number of piperidine rings is 1. The monoisotopic (exact) mass is 270 g/mol. The highest BCUT2D eigenvalue weighted by Gasteiger charge is 2.43. The number of nitrogens with zero attached hydrogens (tertiary/aromatic N) is 1.